The van der Waals surface area contributed by atoms with Gasteiger partial charge < -0.3 is 19.5 Å². The van der Waals surface area contributed by atoms with E-state index in [1.807, 2.05) is 31.7 Å². The zero-order chi connectivity index (χ0) is 19.2. The van der Waals surface area contributed by atoms with Gasteiger partial charge in [-0.15, -0.1) is 24.0 Å². The monoisotopic (exact) mass is 497 g/mol. The molecule has 6 nitrogen and oxygen atoms in total. The van der Waals surface area contributed by atoms with Crippen LogP contribution in [0.5, 0.6) is 5.75 Å². The lowest BCUT2D eigenvalue weighted by Crippen LogP contribution is -2.50. The van der Waals surface area contributed by atoms with Gasteiger partial charge in [-0.2, -0.15) is 0 Å². The number of nitrogens with one attached hydrogen (secondary N) is 1. The van der Waals surface area contributed by atoms with Crippen LogP contribution in [-0.2, 0) is 0 Å². The Bertz CT molecular complexity index is 749. The Labute approximate surface area is 185 Å². The Kier molecular flexibility index (Phi) is 8.59. The van der Waals surface area contributed by atoms with E-state index in [9.17, 15) is 0 Å². The van der Waals surface area contributed by atoms with Crippen molar-refractivity contribution in [3.63, 3.8) is 0 Å². The molecule has 3 rings (SSSR count). The first-order valence-corrected chi connectivity index (χ1v) is 9.73. The molecule has 0 radical (unpaired) electrons. The number of rotatable bonds is 5. The molecular weight excluding hydrogens is 465 g/mol. The summed E-state index contributed by atoms with van der Waals surface area (Å²) in [5, 5.41) is 3.48. The van der Waals surface area contributed by atoms with E-state index in [1.165, 1.54) is 5.56 Å². The second-order valence-electron chi connectivity index (χ2n) is 7.46. The summed E-state index contributed by atoms with van der Waals surface area (Å²) >= 11 is 0. The third kappa shape index (κ3) is 5.86. The van der Waals surface area contributed by atoms with Gasteiger partial charge in [0.05, 0.1) is 18.9 Å². The van der Waals surface area contributed by atoms with Crippen LogP contribution in [0.1, 0.15) is 31.9 Å². The molecule has 2 heterocycles. The molecule has 1 aromatic heterocycles. The zero-order valence-electron chi connectivity index (χ0n) is 17.2. The third-order valence-corrected chi connectivity index (χ3v) is 5.21. The quantitative estimate of drug-likeness (QED) is 0.389. The predicted octanol–water partition coefficient (Wildman–Crippen LogP) is 3.74. The molecule has 1 aliphatic heterocycles. The molecule has 0 spiro atoms. The normalized spacial score (nSPS) is 21.0. The van der Waals surface area contributed by atoms with Crippen LogP contribution in [0.2, 0.25) is 0 Å². The second-order valence-corrected chi connectivity index (χ2v) is 7.46. The number of hydrogen-bond acceptors (Lipinski definition) is 3. The Morgan fingerprint density at radius 1 is 1.43 bits per heavy atom. The molecule has 1 saturated heterocycles. The Morgan fingerprint density at radius 3 is 2.93 bits per heavy atom. The smallest absolute Gasteiger partial charge is 0.193 e. The van der Waals surface area contributed by atoms with Gasteiger partial charge in [-0.1, -0.05) is 19.1 Å². The van der Waals surface area contributed by atoms with E-state index in [0.717, 1.165) is 31.2 Å². The molecule has 1 aromatic carbocycles. The highest BCUT2D eigenvalue weighted by Gasteiger charge is 2.29. The highest BCUT2D eigenvalue weighted by molar-refractivity contribution is 14.0. The molecule has 0 bridgehead atoms. The van der Waals surface area contributed by atoms with Gasteiger partial charge in [-0.25, -0.2) is 4.98 Å². The van der Waals surface area contributed by atoms with Crippen molar-refractivity contribution < 1.29 is 4.74 Å². The predicted molar refractivity (Wildman–Crippen MR) is 125 cm³/mol. The maximum atomic E-state index is 6.03. The summed E-state index contributed by atoms with van der Waals surface area (Å²) in [5.41, 5.74) is 1.21. The molecule has 0 amide bonds. The number of aryl methyl sites for hydroxylation is 1. The number of halogens is 1. The highest BCUT2D eigenvalue weighted by Crippen LogP contribution is 2.27. The van der Waals surface area contributed by atoms with Crippen LogP contribution in [0.3, 0.4) is 0 Å². The van der Waals surface area contributed by atoms with E-state index in [0.29, 0.717) is 18.5 Å². The molecule has 28 heavy (non-hydrogen) atoms. The minimum atomic E-state index is 0. The van der Waals surface area contributed by atoms with Crippen LogP contribution < -0.4 is 10.1 Å². The third-order valence-electron chi connectivity index (χ3n) is 5.21. The topological polar surface area (TPSA) is 54.7 Å². The Balaban J connectivity index is 0.00000280. The van der Waals surface area contributed by atoms with Crippen molar-refractivity contribution in [2.45, 2.75) is 39.3 Å². The summed E-state index contributed by atoms with van der Waals surface area (Å²) in [6.07, 6.45) is 7.01. The molecule has 0 aliphatic carbocycles. The number of likely N-dealkylation sites (tertiary alicyclic amines) is 1. The summed E-state index contributed by atoms with van der Waals surface area (Å²) in [6.45, 7) is 9.13. The molecule has 2 aromatic rings. The number of aliphatic imine (C=N–C) groups is 1. The lowest BCUT2D eigenvalue weighted by atomic mass is 9.93. The molecular formula is C21H32IN5O. The van der Waals surface area contributed by atoms with Crippen LogP contribution in [0.25, 0.3) is 0 Å². The summed E-state index contributed by atoms with van der Waals surface area (Å²) in [4.78, 5) is 11.0. The van der Waals surface area contributed by atoms with Crippen LogP contribution >= 0.6 is 24.0 Å². The van der Waals surface area contributed by atoms with E-state index in [4.69, 9.17) is 4.74 Å². The van der Waals surface area contributed by atoms with E-state index in [-0.39, 0.29) is 30.1 Å². The number of guanidine groups is 1. The fourth-order valence-electron chi connectivity index (χ4n) is 3.62. The van der Waals surface area contributed by atoms with Gasteiger partial charge in [0.15, 0.2) is 5.96 Å². The highest BCUT2D eigenvalue weighted by atomic mass is 127. The lowest BCUT2D eigenvalue weighted by Gasteiger charge is -2.39. The van der Waals surface area contributed by atoms with Crippen molar-refractivity contribution in [3.8, 4) is 5.75 Å². The first-order valence-electron chi connectivity index (χ1n) is 9.73. The minimum Gasteiger partial charge on any atom is -0.489 e. The molecule has 7 heteroatoms. The number of aromatic nitrogens is 2. The second kappa shape index (κ2) is 10.7. The summed E-state index contributed by atoms with van der Waals surface area (Å²) < 4.78 is 8.24. The van der Waals surface area contributed by atoms with Crippen molar-refractivity contribution in [2.75, 3.05) is 26.7 Å². The van der Waals surface area contributed by atoms with Crippen LogP contribution in [-0.4, -0.2) is 53.2 Å². The fraction of sp³-hybridized carbons (Fsp3) is 0.524. The van der Waals surface area contributed by atoms with E-state index in [1.54, 1.807) is 0 Å². The van der Waals surface area contributed by atoms with Gasteiger partial charge in [0, 0.05) is 32.5 Å². The van der Waals surface area contributed by atoms with Crippen molar-refractivity contribution in [1.29, 1.82) is 0 Å². The molecule has 154 valence electrons. The van der Waals surface area contributed by atoms with Crippen molar-refractivity contribution in [1.82, 2.24) is 19.8 Å². The number of nitrogens with zero attached hydrogens (tertiary/aromatic N) is 4. The number of hydrogen-bond donors (Lipinski definition) is 1. The summed E-state index contributed by atoms with van der Waals surface area (Å²) in [7, 11) is 1.85. The standard InChI is InChI=1S/C21H31N5O.HI/c1-16-6-5-7-19(12-16)27-18(3)13-24-21(22-4)25-10-8-17(2)20(14-25)26-11-9-23-15-26;/h5-7,9,11-12,15,17-18,20H,8,10,13-14H2,1-4H3,(H,22,24);1H. The van der Waals surface area contributed by atoms with Gasteiger partial charge in [0.1, 0.15) is 11.9 Å². The van der Waals surface area contributed by atoms with Crippen molar-refractivity contribution >= 4 is 29.9 Å². The van der Waals surface area contributed by atoms with Crippen LogP contribution in [0.4, 0.5) is 0 Å². The number of imidazole rings is 1. The van der Waals surface area contributed by atoms with Crippen LogP contribution in [0, 0.1) is 12.8 Å². The SMILES string of the molecule is CN=C(NCC(C)Oc1cccc(C)c1)N1CCC(C)C(n2ccnc2)C1.I. The van der Waals surface area contributed by atoms with E-state index >= 15 is 0 Å². The Hall–Kier alpha value is -1.77. The van der Waals surface area contributed by atoms with E-state index < -0.39 is 0 Å². The molecule has 3 unspecified atom stereocenters. The van der Waals surface area contributed by atoms with Gasteiger partial charge >= 0.3 is 0 Å². The molecule has 1 fully saturated rings. The van der Waals surface area contributed by atoms with Gasteiger partial charge in [-0.3, -0.25) is 4.99 Å². The first-order chi connectivity index (χ1) is 13.1. The van der Waals surface area contributed by atoms with Crippen molar-refractivity contribution in [3.05, 3.63) is 48.5 Å². The lowest BCUT2D eigenvalue weighted by molar-refractivity contribution is 0.184. The molecule has 3 atom stereocenters. The fourth-order valence-corrected chi connectivity index (χ4v) is 3.62. The van der Waals surface area contributed by atoms with Crippen LogP contribution in [0.15, 0.2) is 48.0 Å². The molecule has 0 saturated carbocycles. The zero-order valence-corrected chi connectivity index (χ0v) is 19.5. The largest absolute Gasteiger partial charge is 0.489 e. The van der Waals surface area contributed by atoms with Gasteiger partial charge in [0.2, 0.25) is 0 Å². The average molecular weight is 497 g/mol. The van der Waals surface area contributed by atoms with Gasteiger partial charge in [0.25, 0.3) is 0 Å². The van der Waals surface area contributed by atoms with Gasteiger partial charge in [-0.05, 0) is 43.9 Å². The maximum Gasteiger partial charge on any atom is 0.193 e. The Morgan fingerprint density at radius 2 is 2.25 bits per heavy atom. The maximum absolute atomic E-state index is 6.03. The number of piperidine rings is 1. The summed E-state index contributed by atoms with van der Waals surface area (Å²) in [5.74, 6) is 2.47. The van der Waals surface area contributed by atoms with E-state index in [2.05, 4.69) is 63.9 Å². The first kappa shape index (κ1) is 22.5. The molecule has 1 aliphatic rings. The number of ether oxygens (including phenoxy) is 1. The number of benzene rings is 1. The average Bonchev–Trinajstić information content (AvgIpc) is 3.18. The summed E-state index contributed by atoms with van der Waals surface area (Å²) in [6, 6.07) is 8.58. The van der Waals surface area contributed by atoms with Crippen molar-refractivity contribution in [2.24, 2.45) is 10.9 Å². The molecule has 1 N–H and O–H groups in total. The minimum absolute atomic E-state index is 0.